The van der Waals surface area contributed by atoms with Crippen LogP contribution in [0, 0.1) is 5.92 Å². The molecular weight excluding hydrogens is 356 g/mol. The van der Waals surface area contributed by atoms with Gasteiger partial charge in [-0.2, -0.15) is 0 Å². The average molecular weight is 389 g/mol. The maximum absolute atomic E-state index is 12.2. The molecule has 0 spiro atoms. The number of rotatable bonds is 5. The Labute approximate surface area is 167 Å². The fourth-order valence-corrected chi connectivity index (χ4v) is 3.56. The van der Waals surface area contributed by atoms with Gasteiger partial charge in [-0.1, -0.05) is 33.8 Å². The van der Waals surface area contributed by atoms with Gasteiger partial charge < -0.3 is 25.0 Å². The number of fused-ring (bicyclic) bond motifs is 1. The van der Waals surface area contributed by atoms with E-state index in [0.717, 1.165) is 37.0 Å². The number of ether oxygens (including phenoxy) is 2. The first kappa shape index (κ1) is 20.3. The second-order valence-corrected chi connectivity index (χ2v) is 8.45. The standard InChI is InChI=1S/C21H32N4O3/c1-14(2)19(26)25-9-8-16(11-25)24-20(22-5)23-12-21(3,4)15-6-7-17-18(10-15)28-13-27-17/h6-7,10,14,16H,8-9,11-13H2,1-5H3,(H2,22,23,24). The molecule has 7 heteroatoms. The quantitative estimate of drug-likeness (QED) is 0.597. The minimum absolute atomic E-state index is 0.0405. The van der Waals surface area contributed by atoms with Crippen LogP contribution in [0.15, 0.2) is 23.2 Å². The molecule has 1 saturated heterocycles. The summed E-state index contributed by atoms with van der Waals surface area (Å²) in [6.45, 7) is 10.8. The van der Waals surface area contributed by atoms with Crippen LogP contribution in [-0.2, 0) is 10.2 Å². The van der Waals surface area contributed by atoms with Crippen LogP contribution in [0.25, 0.3) is 0 Å². The molecule has 1 fully saturated rings. The molecule has 0 aromatic heterocycles. The molecule has 1 unspecified atom stereocenters. The van der Waals surface area contributed by atoms with Gasteiger partial charge in [-0.25, -0.2) is 0 Å². The van der Waals surface area contributed by atoms with Gasteiger partial charge >= 0.3 is 0 Å². The number of hydrogen-bond donors (Lipinski definition) is 2. The lowest BCUT2D eigenvalue weighted by Gasteiger charge is -2.28. The van der Waals surface area contributed by atoms with Gasteiger partial charge in [0.25, 0.3) is 0 Å². The van der Waals surface area contributed by atoms with Crippen molar-refractivity contribution in [2.45, 2.75) is 45.6 Å². The van der Waals surface area contributed by atoms with Crippen molar-refractivity contribution in [2.24, 2.45) is 10.9 Å². The van der Waals surface area contributed by atoms with Crippen molar-refractivity contribution in [2.75, 3.05) is 33.5 Å². The van der Waals surface area contributed by atoms with E-state index >= 15 is 0 Å². The number of carbonyl (C=O) groups excluding carboxylic acids is 1. The summed E-state index contributed by atoms with van der Waals surface area (Å²) >= 11 is 0. The van der Waals surface area contributed by atoms with Gasteiger partial charge in [0.1, 0.15) is 0 Å². The monoisotopic (exact) mass is 388 g/mol. The van der Waals surface area contributed by atoms with E-state index in [4.69, 9.17) is 9.47 Å². The molecule has 2 aliphatic heterocycles. The second-order valence-electron chi connectivity index (χ2n) is 8.45. The van der Waals surface area contributed by atoms with Crippen LogP contribution in [0.5, 0.6) is 11.5 Å². The molecule has 154 valence electrons. The van der Waals surface area contributed by atoms with Crippen LogP contribution < -0.4 is 20.1 Å². The Kier molecular flexibility index (Phi) is 6.01. The van der Waals surface area contributed by atoms with Crippen LogP contribution in [0.4, 0.5) is 0 Å². The largest absolute Gasteiger partial charge is 0.454 e. The zero-order chi connectivity index (χ0) is 20.3. The SMILES string of the molecule is CN=C(NCC(C)(C)c1ccc2c(c1)OCO2)NC1CCN(C(=O)C(C)C)C1. The smallest absolute Gasteiger partial charge is 0.231 e. The first-order valence-electron chi connectivity index (χ1n) is 9.96. The molecule has 1 atom stereocenters. The number of nitrogens with one attached hydrogen (secondary N) is 2. The molecule has 7 nitrogen and oxygen atoms in total. The van der Waals surface area contributed by atoms with Crippen molar-refractivity contribution in [3.63, 3.8) is 0 Å². The molecule has 0 saturated carbocycles. The Bertz CT molecular complexity index is 745. The van der Waals surface area contributed by atoms with Gasteiger partial charge in [-0.15, -0.1) is 0 Å². The third kappa shape index (κ3) is 4.51. The van der Waals surface area contributed by atoms with E-state index in [0.29, 0.717) is 6.54 Å². The molecular formula is C21H32N4O3. The Morgan fingerprint density at radius 1 is 1.32 bits per heavy atom. The minimum atomic E-state index is -0.117. The van der Waals surface area contributed by atoms with E-state index in [2.05, 4.69) is 35.5 Å². The van der Waals surface area contributed by atoms with Crippen molar-refractivity contribution in [3.8, 4) is 11.5 Å². The van der Waals surface area contributed by atoms with Crippen molar-refractivity contribution < 1.29 is 14.3 Å². The fraction of sp³-hybridized carbons (Fsp3) is 0.619. The summed E-state index contributed by atoms with van der Waals surface area (Å²) in [6, 6.07) is 6.32. The maximum Gasteiger partial charge on any atom is 0.231 e. The summed E-state index contributed by atoms with van der Waals surface area (Å²) in [5.74, 6) is 2.62. The maximum atomic E-state index is 12.2. The van der Waals surface area contributed by atoms with Crippen LogP contribution in [-0.4, -0.2) is 56.3 Å². The number of benzene rings is 1. The lowest BCUT2D eigenvalue weighted by atomic mass is 9.84. The van der Waals surface area contributed by atoms with Gasteiger partial charge in [0.15, 0.2) is 17.5 Å². The Morgan fingerprint density at radius 2 is 2.07 bits per heavy atom. The van der Waals surface area contributed by atoms with Crippen LogP contribution in [0.3, 0.4) is 0 Å². The summed E-state index contributed by atoms with van der Waals surface area (Å²) < 4.78 is 10.9. The molecule has 0 bridgehead atoms. The average Bonchev–Trinajstić information content (AvgIpc) is 3.32. The zero-order valence-corrected chi connectivity index (χ0v) is 17.5. The Morgan fingerprint density at radius 3 is 2.79 bits per heavy atom. The van der Waals surface area contributed by atoms with E-state index in [1.165, 1.54) is 5.56 Å². The van der Waals surface area contributed by atoms with Crippen molar-refractivity contribution in [1.29, 1.82) is 0 Å². The van der Waals surface area contributed by atoms with E-state index in [9.17, 15) is 4.79 Å². The molecule has 28 heavy (non-hydrogen) atoms. The fourth-order valence-electron chi connectivity index (χ4n) is 3.56. The topological polar surface area (TPSA) is 75.2 Å². The van der Waals surface area contributed by atoms with E-state index in [1.807, 2.05) is 30.9 Å². The van der Waals surface area contributed by atoms with Crippen LogP contribution >= 0.6 is 0 Å². The minimum Gasteiger partial charge on any atom is -0.454 e. The predicted octanol–water partition coefficient (Wildman–Crippen LogP) is 2.11. The van der Waals surface area contributed by atoms with E-state index in [-0.39, 0.29) is 30.1 Å². The highest BCUT2D eigenvalue weighted by atomic mass is 16.7. The van der Waals surface area contributed by atoms with Crippen LogP contribution in [0.2, 0.25) is 0 Å². The summed E-state index contributed by atoms with van der Waals surface area (Å²) in [5, 5.41) is 6.89. The predicted molar refractivity (Wildman–Crippen MR) is 110 cm³/mol. The highest BCUT2D eigenvalue weighted by molar-refractivity contribution is 5.81. The third-order valence-electron chi connectivity index (χ3n) is 5.41. The number of nitrogens with zero attached hydrogens (tertiary/aromatic N) is 2. The van der Waals surface area contributed by atoms with Gasteiger partial charge in [-0.3, -0.25) is 9.79 Å². The third-order valence-corrected chi connectivity index (χ3v) is 5.41. The Hall–Kier alpha value is -2.44. The lowest BCUT2D eigenvalue weighted by molar-refractivity contribution is -0.133. The second kappa shape index (κ2) is 8.29. The Balaban J connectivity index is 1.54. The number of likely N-dealkylation sites (tertiary alicyclic amines) is 1. The summed E-state index contributed by atoms with van der Waals surface area (Å²) in [6.07, 6.45) is 0.935. The molecule has 2 N–H and O–H groups in total. The highest BCUT2D eigenvalue weighted by Crippen LogP contribution is 2.36. The highest BCUT2D eigenvalue weighted by Gasteiger charge is 2.29. The molecule has 2 aliphatic rings. The van der Waals surface area contributed by atoms with Crippen molar-refractivity contribution in [1.82, 2.24) is 15.5 Å². The van der Waals surface area contributed by atoms with E-state index in [1.54, 1.807) is 7.05 Å². The summed E-state index contributed by atoms with van der Waals surface area (Å²) in [7, 11) is 1.77. The van der Waals surface area contributed by atoms with Gasteiger partial charge in [-0.05, 0) is 24.1 Å². The number of guanidine groups is 1. The number of aliphatic imine (C=N–C) groups is 1. The lowest BCUT2D eigenvalue weighted by Crippen LogP contribution is -2.48. The number of amides is 1. The molecule has 1 amide bonds. The molecule has 2 heterocycles. The van der Waals surface area contributed by atoms with Crippen molar-refractivity contribution >= 4 is 11.9 Å². The molecule has 0 aliphatic carbocycles. The van der Waals surface area contributed by atoms with Gasteiger partial charge in [0.05, 0.1) is 0 Å². The summed E-state index contributed by atoms with van der Waals surface area (Å²) in [4.78, 5) is 18.5. The number of carbonyl (C=O) groups is 1. The normalized spacial score (nSPS) is 19.3. The zero-order valence-electron chi connectivity index (χ0n) is 17.5. The molecule has 3 rings (SSSR count). The summed E-state index contributed by atoms with van der Waals surface area (Å²) in [5.41, 5.74) is 1.06. The molecule has 0 radical (unpaired) electrons. The molecule has 1 aromatic rings. The van der Waals surface area contributed by atoms with E-state index < -0.39 is 0 Å². The van der Waals surface area contributed by atoms with Gasteiger partial charge in [0, 0.05) is 44.1 Å². The van der Waals surface area contributed by atoms with Crippen LogP contribution in [0.1, 0.15) is 39.7 Å². The first-order valence-corrected chi connectivity index (χ1v) is 9.96. The number of hydrogen-bond acceptors (Lipinski definition) is 4. The molecule has 1 aromatic carbocycles. The van der Waals surface area contributed by atoms with Gasteiger partial charge in [0.2, 0.25) is 12.7 Å². The van der Waals surface area contributed by atoms with Crippen molar-refractivity contribution in [3.05, 3.63) is 23.8 Å². The first-order chi connectivity index (χ1) is 13.3.